The molecule has 0 spiro atoms. The summed E-state index contributed by atoms with van der Waals surface area (Å²) in [5.41, 5.74) is -1.65. The SMILES string of the molecule is CN(C)S(=O)CC1(C(F)(F)F)CC1. The Morgan fingerprint density at radius 1 is 1.38 bits per heavy atom. The van der Waals surface area contributed by atoms with E-state index in [0.717, 1.165) is 0 Å². The van der Waals surface area contributed by atoms with Crippen molar-refractivity contribution in [2.24, 2.45) is 5.41 Å². The average Bonchev–Trinajstić information content (AvgIpc) is 2.66. The van der Waals surface area contributed by atoms with Gasteiger partial charge in [-0.25, -0.2) is 8.51 Å². The Labute approximate surface area is 77.7 Å². The molecule has 1 saturated carbocycles. The van der Waals surface area contributed by atoms with Gasteiger partial charge in [-0.2, -0.15) is 13.2 Å². The molecule has 0 bridgehead atoms. The summed E-state index contributed by atoms with van der Waals surface area (Å²) < 4.78 is 49.6. The molecule has 1 aliphatic rings. The molecule has 1 aliphatic carbocycles. The van der Waals surface area contributed by atoms with Crippen LogP contribution in [-0.2, 0) is 11.0 Å². The molecule has 78 valence electrons. The van der Waals surface area contributed by atoms with Gasteiger partial charge in [0.15, 0.2) is 0 Å². The summed E-state index contributed by atoms with van der Waals surface area (Å²) in [5, 5.41) is 0. The molecule has 0 aromatic carbocycles. The standard InChI is InChI=1S/C7H12F3NOS/c1-11(2)13(12)5-6(3-4-6)7(8,9)10/h3-5H2,1-2H3. The second-order valence-corrected chi connectivity index (χ2v) is 5.22. The van der Waals surface area contributed by atoms with Crippen LogP contribution in [0.3, 0.4) is 0 Å². The van der Waals surface area contributed by atoms with Gasteiger partial charge in [0.25, 0.3) is 0 Å². The van der Waals surface area contributed by atoms with E-state index >= 15 is 0 Å². The summed E-state index contributed by atoms with van der Waals surface area (Å²) in [7, 11) is 1.52. The second-order valence-electron chi connectivity index (χ2n) is 3.56. The molecule has 0 aromatic rings. The number of hydrogen-bond acceptors (Lipinski definition) is 1. The molecule has 0 N–H and O–H groups in total. The van der Waals surface area contributed by atoms with Gasteiger partial charge < -0.3 is 0 Å². The highest BCUT2D eigenvalue weighted by Gasteiger charge is 2.63. The predicted octanol–water partition coefficient (Wildman–Crippen LogP) is 1.55. The van der Waals surface area contributed by atoms with Crippen LogP contribution in [0.15, 0.2) is 0 Å². The van der Waals surface area contributed by atoms with Crippen molar-refractivity contribution in [3.8, 4) is 0 Å². The number of halogens is 3. The molecular formula is C7H12F3NOS. The third-order valence-corrected chi connectivity index (χ3v) is 3.88. The number of hydrogen-bond donors (Lipinski definition) is 0. The van der Waals surface area contributed by atoms with Gasteiger partial charge >= 0.3 is 6.18 Å². The van der Waals surface area contributed by atoms with E-state index < -0.39 is 22.6 Å². The summed E-state index contributed by atoms with van der Waals surface area (Å²) in [6, 6.07) is 0. The topological polar surface area (TPSA) is 20.3 Å². The van der Waals surface area contributed by atoms with Crippen LogP contribution in [0, 0.1) is 5.41 Å². The van der Waals surface area contributed by atoms with Crippen LogP contribution in [0.4, 0.5) is 13.2 Å². The second kappa shape index (κ2) is 3.24. The molecule has 1 unspecified atom stereocenters. The summed E-state index contributed by atoms with van der Waals surface area (Å²) in [4.78, 5) is 0. The lowest BCUT2D eigenvalue weighted by Gasteiger charge is -2.20. The third-order valence-electron chi connectivity index (χ3n) is 2.26. The largest absolute Gasteiger partial charge is 0.395 e. The quantitative estimate of drug-likeness (QED) is 0.699. The van der Waals surface area contributed by atoms with Gasteiger partial charge in [0.05, 0.1) is 22.2 Å². The van der Waals surface area contributed by atoms with Gasteiger partial charge in [0.2, 0.25) is 0 Å². The molecule has 2 nitrogen and oxygen atoms in total. The zero-order valence-corrected chi connectivity index (χ0v) is 8.34. The van der Waals surface area contributed by atoms with E-state index in [1.807, 2.05) is 0 Å². The van der Waals surface area contributed by atoms with Gasteiger partial charge in [0, 0.05) is 0 Å². The molecule has 0 aliphatic heterocycles. The zero-order valence-electron chi connectivity index (χ0n) is 7.52. The average molecular weight is 215 g/mol. The van der Waals surface area contributed by atoms with Crippen molar-refractivity contribution in [1.29, 1.82) is 0 Å². The summed E-state index contributed by atoms with van der Waals surface area (Å²) in [6.07, 6.45) is -3.95. The first-order chi connectivity index (χ1) is 5.78. The molecular weight excluding hydrogens is 203 g/mol. The molecule has 0 aromatic heterocycles. The Kier molecular flexibility index (Phi) is 2.73. The predicted molar refractivity (Wildman–Crippen MR) is 44.4 cm³/mol. The van der Waals surface area contributed by atoms with Crippen molar-refractivity contribution in [3.63, 3.8) is 0 Å². The van der Waals surface area contributed by atoms with Gasteiger partial charge in [-0.15, -0.1) is 0 Å². The van der Waals surface area contributed by atoms with Crippen molar-refractivity contribution < 1.29 is 17.4 Å². The monoisotopic (exact) mass is 215 g/mol. The van der Waals surface area contributed by atoms with Crippen molar-refractivity contribution in [2.75, 3.05) is 19.8 Å². The van der Waals surface area contributed by atoms with Crippen LogP contribution in [0.25, 0.3) is 0 Å². The van der Waals surface area contributed by atoms with E-state index in [0.29, 0.717) is 0 Å². The number of alkyl halides is 3. The van der Waals surface area contributed by atoms with E-state index in [1.54, 1.807) is 0 Å². The van der Waals surface area contributed by atoms with Crippen LogP contribution < -0.4 is 0 Å². The first-order valence-electron chi connectivity index (χ1n) is 3.91. The third kappa shape index (κ3) is 2.22. The molecule has 6 heteroatoms. The molecule has 1 fully saturated rings. The Morgan fingerprint density at radius 2 is 1.85 bits per heavy atom. The maximum Gasteiger partial charge on any atom is 0.395 e. The van der Waals surface area contributed by atoms with Crippen LogP contribution >= 0.6 is 0 Å². The lowest BCUT2D eigenvalue weighted by atomic mass is 10.1. The Bertz CT molecular complexity index is 222. The van der Waals surface area contributed by atoms with Gasteiger partial charge in [-0.3, -0.25) is 0 Å². The van der Waals surface area contributed by atoms with E-state index in [2.05, 4.69) is 0 Å². The summed E-state index contributed by atoms with van der Waals surface area (Å²) in [5.74, 6) is -0.288. The zero-order chi connectivity index (χ0) is 10.3. The van der Waals surface area contributed by atoms with Crippen LogP contribution in [0.5, 0.6) is 0 Å². The lowest BCUT2D eigenvalue weighted by Crippen LogP contribution is -2.33. The Hall–Kier alpha value is -0.100. The Morgan fingerprint density at radius 3 is 2.08 bits per heavy atom. The molecule has 0 radical (unpaired) electrons. The van der Waals surface area contributed by atoms with Crippen molar-refractivity contribution in [2.45, 2.75) is 19.0 Å². The summed E-state index contributed by atoms with van der Waals surface area (Å²) >= 11 is 0. The van der Waals surface area contributed by atoms with Crippen molar-refractivity contribution >= 4 is 11.0 Å². The highest BCUT2D eigenvalue weighted by atomic mass is 32.2. The molecule has 0 amide bonds. The summed E-state index contributed by atoms with van der Waals surface area (Å²) in [6.45, 7) is 0. The van der Waals surface area contributed by atoms with Crippen molar-refractivity contribution in [3.05, 3.63) is 0 Å². The minimum atomic E-state index is -4.20. The fourth-order valence-corrected chi connectivity index (χ4v) is 2.21. The van der Waals surface area contributed by atoms with Gasteiger partial charge in [-0.1, -0.05) is 0 Å². The van der Waals surface area contributed by atoms with Crippen LogP contribution in [-0.4, -0.2) is 34.5 Å². The van der Waals surface area contributed by atoms with Crippen LogP contribution in [0.2, 0.25) is 0 Å². The fourth-order valence-electron chi connectivity index (χ4n) is 1.03. The molecule has 1 atom stereocenters. The molecule has 1 rings (SSSR count). The van der Waals surface area contributed by atoms with Crippen molar-refractivity contribution in [1.82, 2.24) is 4.31 Å². The van der Waals surface area contributed by atoms with Crippen LogP contribution in [0.1, 0.15) is 12.8 Å². The minimum absolute atomic E-state index is 0.121. The highest BCUT2D eigenvalue weighted by Crippen LogP contribution is 2.57. The molecule has 0 heterocycles. The maximum atomic E-state index is 12.4. The number of rotatable bonds is 3. The van der Waals surface area contributed by atoms with E-state index in [1.165, 1.54) is 18.4 Å². The fraction of sp³-hybridized carbons (Fsp3) is 1.00. The van der Waals surface area contributed by atoms with Gasteiger partial charge in [-0.05, 0) is 26.9 Å². The first-order valence-corrected chi connectivity index (χ1v) is 5.19. The van der Waals surface area contributed by atoms with E-state index in [9.17, 15) is 17.4 Å². The minimum Gasteiger partial charge on any atom is -0.243 e. The van der Waals surface area contributed by atoms with E-state index in [4.69, 9.17) is 0 Å². The highest BCUT2D eigenvalue weighted by molar-refractivity contribution is 7.82. The maximum absolute atomic E-state index is 12.4. The number of nitrogens with zero attached hydrogens (tertiary/aromatic N) is 1. The first kappa shape index (κ1) is 11.0. The smallest absolute Gasteiger partial charge is 0.243 e. The Balaban J connectivity index is 2.59. The molecule has 13 heavy (non-hydrogen) atoms. The normalized spacial score (nSPS) is 23.2. The van der Waals surface area contributed by atoms with E-state index in [-0.39, 0.29) is 18.6 Å². The molecule has 0 saturated heterocycles. The lowest BCUT2D eigenvalue weighted by molar-refractivity contribution is -0.179. The van der Waals surface area contributed by atoms with Gasteiger partial charge in [0.1, 0.15) is 0 Å².